The third kappa shape index (κ3) is 5.35. The molecule has 0 amide bonds. The van der Waals surface area contributed by atoms with E-state index in [2.05, 4.69) is 23.5 Å². The number of benzene rings is 2. The monoisotopic (exact) mass is 441 g/mol. The van der Waals surface area contributed by atoms with Gasteiger partial charge in [0.05, 0.1) is 33.5 Å². The number of fused-ring (bicyclic) bond motifs is 1. The van der Waals surface area contributed by atoms with Crippen LogP contribution in [0.5, 0.6) is 0 Å². The Labute approximate surface area is 186 Å². The highest BCUT2D eigenvalue weighted by atomic mass is 19.1. The van der Waals surface area contributed by atoms with Crippen molar-refractivity contribution in [1.29, 1.82) is 0 Å². The lowest BCUT2D eigenvalue weighted by molar-refractivity contribution is -0.194. The van der Waals surface area contributed by atoms with Crippen LogP contribution in [0.3, 0.4) is 0 Å². The Morgan fingerprint density at radius 2 is 1.88 bits per heavy atom. The van der Waals surface area contributed by atoms with Crippen LogP contribution in [0.15, 0.2) is 52.9 Å². The first-order valence-electron chi connectivity index (χ1n) is 10.8. The number of carbonyl (C=O) groups is 1. The highest BCUT2D eigenvalue weighted by Gasteiger charge is 2.47. The molecule has 7 heteroatoms. The Morgan fingerprint density at radius 1 is 1.09 bits per heavy atom. The smallest absolute Gasteiger partial charge is 0.318 e. The van der Waals surface area contributed by atoms with E-state index in [0.29, 0.717) is 39.5 Å². The molecule has 1 aromatic heterocycles. The van der Waals surface area contributed by atoms with E-state index in [1.807, 2.05) is 6.07 Å². The Hall–Kier alpha value is -2.74. The topological polar surface area (TPSA) is 69.9 Å². The summed E-state index contributed by atoms with van der Waals surface area (Å²) in [6.07, 6.45) is 1.57. The van der Waals surface area contributed by atoms with E-state index in [4.69, 9.17) is 18.6 Å². The van der Waals surface area contributed by atoms with Gasteiger partial charge >= 0.3 is 5.97 Å². The second kappa shape index (κ2) is 10.3. The molecule has 0 unspecified atom stereocenters. The summed E-state index contributed by atoms with van der Waals surface area (Å²) in [6, 6.07) is 14.8. The Morgan fingerprint density at radius 3 is 2.59 bits per heavy atom. The van der Waals surface area contributed by atoms with Crippen LogP contribution >= 0.6 is 0 Å². The van der Waals surface area contributed by atoms with Gasteiger partial charge in [-0.2, -0.15) is 0 Å². The van der Waals surface area contributed by atoms with Gasteiger partial charge in [0, 0.05) is 24.9 Å². The molecular formula is C25H28FNO5. The number of esters is 1. The summed E-state index contributed by atoms with van der Waals surface area (Å²) in [7, 11) is 1.38. The van der Waals surface area contributed by atoms with Crippen LogP contribution in [0.4, 0.5) is 4.39 Å². The van der Waals surface area contributed by atoms with Crippen molar-refractivity contribution >= 4 is 16.9 Å². The average molecular weight is 441 g/mol. The normalized spacial score (nSPS) is 14.9. The van der Waals surface area contributed by atoms with Gasteiger partial charge in [0.1, 0.15) is 22.6 Å². The lowest BCUT2D eigenvalue weighted by atomic mass is 9.87. The number of hydrogen-bond donors (Lipinski definition) is 1. The largest absolute Gasteiger partial charge is 0.468 e. The molecule has 4 rings (SSSR count). The van der Waals surface area contributed by atoms with E-state index in [1.54, 1.807) is 12.1 Å². The molecule has 6 nitrogen and oxygen atoms in total. The molecule has 170 valence electrons. The highest BCUT2D eigenvalue weighted by Crippen LogP contribution is 2.29. The molecule has 32 heavy (non-hydrogen) atoms. The summed E-state index contributed by atoms with van der Waals surface area (Å²) in [5, 5.41) is 4.42. The Kier molecular flexibility index (Phi) is 7.19. The van der Waals surface area contributed by atoms with Gasteiger partial charge in [0.2, 0.25) is 0 Å². The van der Waals surface area contributed by atoms with Gasteiger partial charge in [-0.25, -0.2) is 4.39 Å². The number of hydrogen-bond acceptors (Lipinski definition) is 6. The molecule has 1 N–H and O–H groups in total. The number of halogens is 1. The van der Waals surface area contributed by atoms with E-state index in [1.165, 1.54) is 19.2 Å². The average Bonchev–Trinajstić information content (AvgIpc) is 3.19. The van der Waals surface area contributed by atoms with Crippen LogP contribution < -0.4 is 5.32 Å². The first-order valence-corrected chi connectivity index (χ1v) is 10.8. The molecular weight excluding hydrogens is 413 g/mol. The van der Waals surface area contributed by atoms with Crippen LogP contribution in [-0.2, 0) is 38.4 Å². The number of methoxy groups -OCH3 is 1. The first kappa shape index (κ1) is 22.5. The van der Waals surface area contributed by atoms with Gasteiger partial charge in [-0.3, -0.25) is 4.79 Å². The summed E-state index contributed by atoms with van der Waals surface area (Å²) in [5.74, 6) is 0.422. The summed E-state index contributed by atoms with van der Waals surface area (Å²) in [5.41, 5.74) is 2.42. The number of furan rings is 1. The lowest BCUT2D eigenvalue weighted by Gasteiger charge is -2.37. The lowest BCUT2D eigenvalue weighted by Crippen LogP contribution is -2.53. The SMILES string of the molecule is COC(=O)C1(COCCNCc2ccc3cc(CCc4ccc(F)cc4)oc3c2)COC1. The minimum Gasteiger partial charge on any atom is -0.468 e. The van der Waals surface area contributed by atoms with E-state index in [9.17, 15) is 9.18 Å². The van der Waals surface area contributed by atoms with Crippen molar-refractivity contribution in [3.63, 3.8) is 0 Å². The third-order valence-corrected chi connectivity index (χ3v) is 5.71. The fraction of sp³-hybridized carbons (Fsp3) is 0.400. The molecule has 2 aromatic carbocycles. The van der Waals surface area contributed by atoms with Crippen LogP contribution in [0.1, 0.15) is 16.9 Å². The van der Waals surface area contributed by atoms with Crippen molar-refractivity contribution in [2.45, 2.75) is 19.4 Å². The number of ether oxygens (including phenoxy) is 3. The van der Waals surface area contributed by atoms with Crippen LogP contribution in [0.25, 0.3) is 11.0 Å². The molecule has 0 bridgehead atoms. The molecule has 0 radical (unpaired) electrons. The van der Waals surface area contributed by atoms with Gasteiger partial charge in [-0.1, -0.05) is 24.3 Å². The number of aryl methyl sites for hydroxylation is 2. The molecule has 0 saturated carbocycles. The van der Waals surface area contributed by atoms with Crippen LogP contribution in [0.2, 0.25) is 0 Å². The Bertz CT molecular complexity index is 1040. The van der Waals surface area contributed by atoms with Crippen molar-refractivity contribution in [2.24, 2.45) is 5.41 Å². The minimum atomic E-state index is -0.645. The van der Waals surface area contributed by atoms with Gasteiger partial charge < -0.3 is 23.9 Å². The minimum absolute atomic E-state index is 0.219. The fourth-order valence-corrected chi connectivity index (χ4v) is 3.75. The predicted octanol–water partition coefficient (Wildman–Crippen LogP) is 3.65. The molecule has 0 atom stereocenters. The first-order chi connectivity index (χ1) is 15.6. The molecule has 1 fully saturated rings. The maximum absolute atomic E-state index is 13.0. The van der Waals surface area contributed by atoms with E-state index in [-0.39, 0.29) is 11.8 Å². The third-order valence-electron chi connectivity index (χ3n) is 5.71. The van der Waals surface area contributed by atoms with Crippen molar-refractivity contribution in [3.8, 4) is 0 Å². The van der Waals surface area contributed by atoms with Gasteiger partial charge in [0.25, 0.3) is 0 Å². The van der Waals surface area contributed by atoms with Crippen molar-refractivity contribution in [2.75, 3.05) is 40.1 Å². The summed E-state index contributed by atoms with van der Waals surface area (Å²) < 4.78 is 34.7. The summed E-state index contributed by atoms with van der Waals surface area (Å²) in [4.78, 5) is 11.8. The molecule has 0 aliphatic carbocycles. The van der Waals surface area contributed by atoms with Crippen molar-refractivity contribution in [3.05, 3.63) is 71.2 Å². The standard InChI is InChI=1S/C25H28FNO5/c1-29-24(28)25(16-31-17-25)15-30-11-10-27-14-19-2-6-20-13-22(32-23(20)12-19)9-5-18-3-7-21(26)8-4-18/h2-4,6-8,12-13,27H,5,9-11,14-17H2,1H3. The highest BCUT2D eigenvalue weighted by molar-refractivity contribution is 5.79. The molecule has 2 heterocycles. The summed E-state index contributed by atoms with van der Waals surface area (Å²) >= 11 is 0. The van der Waals surface area contributed by atoms with Gasteiger partial charge in [-0.15, -0.1) is 0 Å². The van der Waals surface area contributed by atoms with Crippen LogP contribution in [0, 0.1) is 11.2 Å². The van der Waals surface area contributed by atoms with Crippen molar-refractivity contribution < 1.29 is 27.8 Å². The van der Waals surface area contributed by atoms with E-state index < -0.39 is 5.41 Å². The summed E-state index contributed by atoms with van der Waals surface area (Å²) in [6.45, 7) is 2.85. The Balaban J connectivity index is 1.21. The molecule has 1 aliphatic rings. The maximum Gasteiger partial charge on any atom is 0.318 e. The molecule has 0 spiro atoms. The molecule has 3 aromatic rings. The zero-order valence-corrected chi connectivity index (χ0v) is 18.2. The number of nitrogens with one attached hydrogen (secondary N) is 1. The quantitative estimate of drug-likeness (QED) is 0.362. The number of rotatable bonds is 11. The molecule has 1 saturated heterocycles. The van der Waals surface area contributed by atoms with E-state index in [0.717, 1.165) is 40.7 Å². The van der Waals surface area contributed by atoms with Gasteiger partial charge in [0.15, 0.2) is 0 Å². The predicted molar refractivity (Wildman–Crippen MR) is 118 cm³/mol. The van der Waals surface area contributed by atoms with Crippen molar-refractivity contribution in [1.82, 2.24) is 5.32 Å². The van der Waals surface area contributed by atoms with Gasteiger partial charge in [-0.05, 0) is 41.8 Å². The fourth-order valence-electron chi connectivity index (χ4n) is 3.75. The van der Waals surface area contributed by atoms with E-state index >= 15 is 0 Å². The second-order valence-corrected chi connectivity index (χ2v) is 8.21. The zero-order valence-electron chi connectivity index (χ0n) is 18.2. The number of carbonyl (C=O) groups excluding carboxylic acids is 1. The zero-order chi connectivity index (χ0) is 22.4. The maximum atomic E-state index is 13.0. The molecule has 1 aliphatic heterocycles. The van der Waals surface area contributed by atoms with Crippen LogP contribution in [-0.4, -0.2) is 46.1 Å². The second-order valence-electron chi connectivity index (χ2n) is 8.21.